The Morgan fingerprint density at radius 2 is 2.38 bits per heavy atom. The lowest BCUT2D eigenvalue weighted by Gasteiger charge is -2.14. The van der Waals surface area contributed by atoms with E-state index in [4.69, 9.17) is 0 Å². The van der Waals surface area contributed by atoms with Crippen molar-refractivity contribution in [1.29, 1.82) is 0 Å². The van der Waals surface area contributed by atoms with Gasteiger partial charge in [-0.05, 0) is 30.0 Å². The monoisotopic (exact) mass is 211 g/mol. The molecule has 2 bridgehead atoms. The molecule has 1 aliphatic carbocycles. The maximum Gasteiger partial charge on any atom is 0.137 e. The van der Waals surface area contributed by atoms with E-state index in [1.54, 1.807) is 0 Å². The summed E-state index contributed by atoms with van der Waals surface area (Å²) in [5.74, 6) is 0.738. The minimum Gasteiger partial charge on any atom is -0.346 e. The third-order valence-electron chi connectivity index (χ3n) is 3.72. The van der Waals surface area contributed by atoms with Gasteiger partial charge in [-0.2, -0.15) is 0 Å². The van der Waals surface area contributed by atoms with Crippen LogP contribution < -0.4 is 5.32 Å². The molecule has 2 aromatic rings. The third-order valence-corrected chi connectivity index (χ3v) is 3.72. The maximum atomic E-state index is 4.33. The van der Waals surface area contributed by atoms with Crippen LogP contribution in [0.5, 0.6) is 0 Å². The normalized spacial score (nSPS) is 27.6. The van der Waals surface area contributed by atoms with Gasteiger partial charge in [-0.15, -0.1) is 0 Å². The fourth-order valence-electron chi connectivity index (χ4n) is 2.97. The van der Waals surface area contributed by atoms with Crippen molar-refractivity contribution in [2.24, 2.45) is 5.92 Å². The van der Waals surface area contributed by atoms with Crippen LogP contribution in [-0.4, -0.2) is 22.6 Å². The SMILES string of the molecule is C1=C(c2c[nH]c3ncccc23)[C@@H]2CC1CN2. The number of nitrogens with zero attached hydrogens (tertiary/aromatic N) is 1. The Morgan fingerprint density at radius 1 is 1.38 bits per heavy atom. The van der Waals surface area contributed by atoms with Crippen LogP contribution in [0, 0.1) is 5.92 Å². The molecule has 0 radical (unpaired) electrons. The Labute approximate surface area is 93.6 Å². The molecule has 2 aromatic heterocycles. The van der Waals surface area contributed by atoms with Gasteiger partial charge in [0.05, 0.1) is 0 Å². The van der Waals surface area contributed by atoms with E-state index in [1.165, 1.54) is 22.9 Å². The Kier molecular flexibility index (Phi) is 1.57. The van der Waals surface area contributed by atoms with Crippen LogP contribution in [0.25, 0.3) is 16.6 Å². The van der Waals surface area contributed by atoms with Crippen molar-refractivity contribution in [2.75, 3.05) is 6.54 Å². The van der Waals surface area contributed by atoms with E-state index in [9.17, 15) is 0 Å². The van der Waals surface area contributed by atoms with Crippen LogP contribution in [0.2, 0.25) is 0 Å². The van der Waals surface area contributed by atoms with E-state index in [0.29, 0.717) is 6.04 Å². The van der Waals surface area contributed by atoms with E-state index in [2.05, 4.69) is 33.6 Å². The zero-order chi connectivity index (χ0) is 10.5. The lowest BCUT2D eigenvalue weighted by atomic mass is 10.0. The summed E-state index contributed by atoms with van der Waals surface area (Å²) in [7, 11) is 0. The predicted octanol–water partition coefficient (Wildman–Crippen LogP) is 1.94. The molecule has 1 fully saturated rings. The fourth-order valence-corrected chi connectivity index (χ4v) is 2.97. The highest BCUT2D eigenvalue weighted by molar-refractivity contribution is 5.92. The summed E-state index contributed by atoms with van der Waals surface area (Å²) >= 11 is 0. The lowest BCUT2D eigenvalue weighted by molar-refractivity contribution is 0.724. The van der Waals surface area contributed by atoms with E-state index in [-0.39, 0.29) is 0 Å². The van der Waals surface area contributed by atoms with Gasteiger partial charge in [-0.1, -0.05) is 6.08 Å². The summed E-state index contributed by atoms with van der Waals surface area (Å²) < 4.78 is 0. The molecule has 1 saturated heterocycles. The van der Waals surface area contributed by atoms with Crippen LogP contribution >= 0.6 is 0 Å². The largest absolute Gasteiger partial charge is 0.346 e. The molecule has 0 spiro atoms. The number of rotatable bonds is 1. The summed E-state index contributed by atoms with van der Waals surface area (Å²) in [5, 5.41) is 4.80. The number of pyridine rings is 1. The second-order valence-corrected chi connectivity index (χ2v) is 4.68. The predicted molar refractivity (Wildman–Crippen MR) is 64.0 cm³/mol. The van der Waals surface area contributed by atoms with Gasteiger partial charge in [0, 0.05) is 35.9 Å². The van der Waals surface area contributed by atoms with Crippen molar-refractivity contribution in [2.45, 2.75) is 12.5 Å². The Hall–Kier alpha value is -1.61. The van der Waals surface area contributed by atoms with E-state index < -0.39 is 0 Å². The molecular formula is C13H13N3. The maximum absolute atomic E-state index is 4.33. The quantitative estimate of drug-likeness (QED) is 0.756. The van der Waals surface area contributed by atoms with Crippen molar-refractivity contribution in [3.63, 3.8) is 0 Å². The lowest BCUT2D eigenvalue weighted by Crippen LogP contribution is -2.24. The van der Waals surface area contributed by atoms with E-state index in [0.717, 1.165) is 18.1 Å². The molecule has 2 aliphatic rings. The van der Waals surface area contributed by atoms with Gasteiger partial charge >= 0.3 is 0 Å². The molecule has 1 aliphatic heterocycles. The summed E-state index contributed by atoms with van der Waals surface area (Å²) in [6, 6.07) is 4.70. The van der Waals surface area contributed by atoms with Crippen LogP contribution in [0.4, 0.5) is 0 Å². The highest BCUT2D eigenvalue weighted by atomic mass is 15.0. The van der Waals surface area contributed by atoms with Crippen LogP contribution in [0.15, 0.2) is 30.6 Å². The molecule has 0 saturated carbocycles. The zero-order valence-electron chi connectivity index (χ0n) is 8.90. The fraction of sp³-hybridized carbons (Fsp3) is 0.308. The van der Waals surface area contributed by atoms with Crippen LogP contribution in [0.3, 0.4) is 0 Å². The average molecular weight is 211 g/mol. The summed E-state index contributed by atoms with van der Waals surface area (Å²) in [4.78, 5) is 7.58. The number of fused-ring (bicyclic) bond motifs is 3. The van der Waals surface area contributed by atoms with E-state index in [1.807, 2.05) is 12.3 Å². The molecule has 2 atom stereocenters. The molecule has 16 heavy (non-hydrogen) atoms. The molecule has 3 heterocycles. The first kappa shape index (κ1) is 8.53. The second kappa shape index (κ2) is 2.95. The van der Waals surface area contributed by atoms with Gasteiger partial charge < -0.3 is 10.3 Å². The Bertz CT molecular complexity index is 582. The summed E-state index contributed by atoms with van der Waals surface area (Å²) in [6.45, 7) is 1.15. The Balaban J connectivity index is 1.91. The third kappa shape index (κ3) is 1.04. The second-order valence-electron chi connectivity index (χ2n) is 4.68. The number of H-pyrrole nitrogens is 1. The van der Waals surface area contributed by atoms with Crippen LogP contribution in [0.1, 0.15) is 12.0 Å². The molecule has 3 heteroatoms. The molecule has 0 aromatic carbocycles. The van der Waals surface area contributed by atoms with Crippen molar-refractivity contribution >= 4 is 16.6 Å². The minimum atomic E-state index is 0.559. The van der Waals surface area contributed by atoms with Crippen molar-refractivity contribution in [3.05, 3.63) is 36.2 Å². The first-order valence-corrected chi connectivity index (χ1v) is 5.79. The number of hydrogen-bond donors (Lipinski definition) is 2. The van der Waals surface area contributed by atoms with Crippen molar-refractivity contribution < 1.29 is 0 Å². The standard InChI is InChI=1S/C13H13N3/c1-2-9-11(7-16-13(9)14-3-1)10-4-8-5-12(10)15-6-8/h1-4,7-8,12,15H,5-6H2,(H,14,16)/t8?,12-/m0/s1. The average Bonchev–Trinajstić information content (AvgIpc) is 3.03. The molecule has 0 amide bonds. The van der Waals surface area contributed by atoms with Gasteiger partial charge in [0.2, 0.25) is 0 Å². The van der Waals surface area contributed by atoms with Gasteiger partial charge in [0.25, 0.3) is 0 Å². The number of hydrogen-bond acceptors (Lipinski definition) is 2. The van der Waals surface area contributed by atoms with Gasteiger partial charge in [0.15, 0.2) is 0 Å². The molecule has 4 rings (SSSR count). The van der Waals surface area contributed by atoms with Gasteiger partial charge in [-0.3, -0.25) is 0 Å². The van der Waals surface area contributed by atoms with Crippen LogP contribution in [-0.2, 0) is 0 Å². The topological polar surface area (TPSA) is 40.7 Å². The van der Waals surface area contributed by atoms with Gasteiger partial charge in [-0.25, -0.2) is 4.98 Å². The highest BCUT2D eigenvalue weighted by Gasteiger charge is 2.33. The van der Waals surface area contributed by atoms with Crippen molar-refractivity contribution in [3.8, 4) is 0 Å². The first-order chi connectivity index (χ1) is 7.92. The van der Waals surface area contributed by atoms with Gasteiger partial charge in [0.1, 0.15) is 5.65 Å². The minimum absolute atomic E-state index is 0.559. The first-order valence-electron chi connectivity index (χ1n) is 5.79. The number of nitrogens with one attached hydrogen (secondary N) is 2. The molecule has 3 nitrogen and oxygen atoms in total. The Morgan fingerprint density at radius 3 is 3.19 bits per heavy atom. The van der Waals surface area contributed by atoms with E-state index >= 15 is 0 Å². The molecule has 2 N–H and O–H groups in total. The number of aromatic amines is 1. The summed E-state index contributed by atoms with van der Waals surface area (Å²) in [6.07, 6.45) is 7.61. The molecular weight excluding hydrogens is 198 g/mol. The molecule has 80 valence electrons. The van der Waals surface area contributed by atoms with Crippen molar-refractivity contribution in [1.82, 2.24) is 15.3 Å². The highest BCUT2D eigenvalue weighted by Crippen LogP contribution is 2.38. The number of aromatic nitrogens is 2. The smallest absolute Gasteiger partial charge is 0.137 e. The zero-order valence-corrected chi connectivity index (χ0v) is 8.90. The molecule has 1 unspecified atom stereocenters. The summed E-state index contributed by atoms with van der Waals surface area (Å²) in [5.41, 5.74) is 3.76.